The number of likely N-dealkylation sites (tertiary alicyclic amines) is 1. The van der Waals surface area contributed by atoms with Crippen molar-refractivity contribution in [1.82, 2.24) is 19.7 Å². The Morgan fingerprint density at radius 1 is 1.22 bits per heavy atom. The van der Waals surface area contributed by atoms with Crippen molar-refractivity contribution in [2.45, 2.75) is 6.18 Å². The fourth-order valence-corrected chi connectivity index (χ4v) is 2.93. The lowest BCUT2D eigenvalue weighted by Gasteiger charge is -2.18. The number of halogens is 3. The van der Waals surface area contributed by atoms with Crippen LogP contribution in [0.2, 0.25) is 0 Å². The number of benzene rings is 1. The number of rotatable bonds is 3. The topological polar surface area (TPSA) is 100 Å². The highest BCUT2D eigenvalue weighted by atomic mass is 19.4. The van der Waals surface area contributed by atoms with Gasteiger partial charge in [0.2, 0.25) is 0 Å². The number of aromatic nitrogens is 3. The van der Waals surface area contributed by atoms with Gasteiger partial charge in [-0.05, 0) is 24.3 Å². The van der Waals surface area contributed by atoms with E-state index in [1.807, 2.05) is 0 Å². The van der Waals surface area contributed by atoms with Crippen LogP contribution in [0.25, 0.3) is 11.4 Å². The third kappa shape index (κ3) is 4.01. The van der Waals surface area contributed by atoms with Gasteiger partial charge in [-0.2, -0.15) is 18.3 Å². The van der Waals surface area contributed by atoms with E-state index in [-0.39, 0.29) is 0 Å². The quantitative estimate of drug-likeness (QED) is 0.847. The Balaban J connectivity index is 1.67. The predicted octanol–water partition coefficient (Wildman–Crippen LogP) is 2.21. The van der Waals surface area contributed by atoms with Crippen molar-refractivity contribution in [3.63, 3.8) is 0 Å². The van der Waals surface area contributed by atoms with Crippen LogP contribution in [0, 0.1) is 11.8 Å². The predicted molar refractivity (Wildman–Crippen MR) is 87.7 cm³/mol. The van der Waals surface area contributed by atoms with Crippen molar-refractivity contribution in [3.05, 3.63) is 30.6 Å². The average Bonchev–Trinajstić information content (AvgIpc) is 3.22. The molecule has 27 heavy (non-hydrogen) atoms. The van der Waals surface area contributed by atoms with E-state index in [1.54, 1.807) is 31.3 Å². The monoisotopic (exact) mass is 383 g/mol. The second-order valence-electron chi connectivity index (χ2n) is 6.25. The van der Waals surface area contributed by atoms with Gasteiger partial charge in [0.05, 0.1) is 11.8 Å². The van der Waals surface area contributed by atoms with Crippen molar-refractivity contribution < 1.29 is 27.9 Å². The van der Waals surface area contributed by atoms with E-state index >= 15 is 0 Å². The molecule has 8 nitrogen and oxygen atoms in total. The third-order valence-electron chi connectivity index (χ3n) is 4.34. The van der Waals surface area contributed by atoms with E-state index in [2.05, 4.69) is 15.4 Å². The van der Waals surface area contributed by atoms with Crippen LogP contribution in [-0.4, -0.2) is 56.0 Å². The molecule has 2 aromatic rings. The number of carbonyl (C=O) groups excluding carboxylic acids is 1. The van der Waals surface area contributed by atoms with E-state index in [9.17, 15) is 22.8 Å². The minimum atomic E-state index is -4.69. The number of carbonyl (C=O) groups is 2. The number of aliphatic carboxylic acids is 1. The van der Waals surface area contributed by atoms with Gasteiger partial charge in [-0.15, -0.1) is 0 Å². The molecule has 1 aromatic heterocycles. The zero-order valence-electron chi connectivity index (χ0n) is 14.1. The number of aryl methyl sites for hydroxylation is 1. The first-order valence-corrected chi connectivity index (χ1v) is 7.96. The van der Waals surface area contributed by atoms with Crippen molar-refractivity contribution in [1.29, 1.82) is 0 Å². The molecule has 2 atom stereocenters. The Morgan fingerprint density at radius 2 is 1.89 bits per heavy atom. The lowest BCUT2D eigenvalue weighted by molar-refractivity contribution is -0.187. The zero-order valence-corrected chi connectivity index (χ0v) is 14.1. The molecule has 1 aliphatic rings. The Hall–Kier alpha value is -3.11. The second-order valence-corrected chi connectivity index (χ2v) is 6.25. The molecule has 0 spiro atoms. The maximum Gasteiger partial charge on any atom is 0.394 e. The molecule has 2 amide bonds. The van der Waals surface area contributed by atoms with Gasteiger partial charge in [0.1, 0.15) is 6.33 Å². The molecule has 1 saturated heterocycles. The summed E-state index contributed by atoms with van der Waals surface area (Å²) in [5.74, 6) is -4.83. The summed E-state index contributed by atoms with van der Waals surface area (Å²) in [6, 6.07) is 5.67. The van der Waals surface area contributed by atoms with E-state index < -0.39 is 43.1 Å². The molecular weight excluding hydrogens is 367 g/mol. The molecule has 1 fully saturated rings. The van der Waals surface area contributed by atoms with Crippen LogP contribution in [0.4, 0.5) is 23.7 Å². The maximum atomic E-state index is 13.0. The summed E-state index contributed by atoms with van der Waals surface area (Å²) in [7, 11) is 1.72. The second kappa shape index (κ2) is 6.89. The fraction of sp³-hybridized carbons (Fsp3) is 0.375. The Kier molecular flexibility index (Phi) is 4.77. The Labute approximate surface area is 151 Å². The minimum absolute atomic E-state index is 0.363. The highest BCUT2D eigenvalue weighted by Crippen LogP contribution is 2.37. The maximum absolute atomic E-state index is 13.0. The number of anilines is 1. The molecule has 2 heterocycles. The van der Waals surface area contributed by atoms with Gasteiger partial charge in [0.25, 0.3) is 0 Å². The normalized spacial score (nSPS) is 19.9. The summed E-state index contributed by atoms with van der Waals surface area (Å²) < 4.78 is 40.6. The first-order valence-electron chi connectivity index (χ1n) is 7.96. The molecule has 1 aromatic carbocycles. The third-order valence-corrected chi connectivity index (χ3v) is 4.34. The van der Waals surface area contributed by atoms with Gasteiger partial charge >= 0.3 is 18.2 Å². The summed E-state index contributed by atoms with van der Waals surface area (Å²) in [5.41, 5.74) is 1.07. The summed E-state index contributed by atoms with van der Waals surface area (Å²) in [6.45, 7) is -1.19. The number of hydrogen-bond donors (Lipinski definition) is 2. The van der Waals surface area contributed by atoms with Crippen molar-refractivity contribution in [2.24, 2.45) is 18.9 Å². The molecule has 1 aliphatic heterocycles. The molecule has 0 radical (unpaired) electrons. The van der Waals surface area contributed by atoms with Crippen LogP contribution in [0.3, 0.4) is 0 Å². The standard InChI is InChI=1S/C16H16F3N5O3/c1-23-8-20-13(22-23)9-2-4-10(5-3-9)21-15(27)24-6-11(14(25)26)12(7-24)16(17,18)19/h2-5,8,11-12H,6-7H2,1H3,(H,21,27)(H,25,26)/t11-,12-/m1/s1. The number of carboxylic acids is 1. The molecule has 11 heteroatoms. The van der Waals surface area contributed by atoms with Crippen LogP contribution >= 0.6 is 0 Å². The number of amides is 2. The zero-order chi connectivity index (χ0) is 19.8. The lowest BCUT2D eigenvalue weighted by Crippen LogP contribution is -2.35. The summed E-state index contributed by atoms with van der Waals surface area (Å²) in [6.07, 6.45) is -3.15. The first kappa shape index (κ1) is 18.7. The van der Waals surface area contributed by atoms with Gasteiger partial charge in [-0.25, -0.2) is 9.78 Å². The molecular formula is C16H16F3N5O3. The molecule has 0 bridgehead atoms. The van der Waals surface area contributed by atoms with Gasteiger partial charge in [-0.3, -0.25) is 9.48 Å². The molecule has 0 unspecified atom stereocenters. The van der Waals surface area contributed by atoms with E-state index in [0.29, 0.717) is 17.1 Å². The van der Waals surface area contributed by atoms with Crippen LogP contribution < -0.4 is 5.32 Å². The van der Waals surface area contributed by atoms with Gasteiger partial charge < -0.3 is 15.3 Å². The van der Waals surface area contributed by atoms with Gasteiger partial charge in [0, 0.05) is 31.4 Å². The fourth-order valence-electron chi connectivity index (χ4n) is 2.93. The van der Waals surface area contributed by atoms with Crippen molar-refractivity contribution in [2.75, 3.05) is 18.4 Å². The van der Waals surface area contributed by atoms with Crippen LogP contribution in [0.15, 0.2) is 30.6 Å². The van der Waals surface area contributed by atoms with E-state index in [1.165, 1.54) is 11.0 Å². The molecule has 144 valence electrons. The van der Waals surface area contributed by atoms with Gasteiger partial charge in [-0.1, -0.05) is 0 Å². The summed E-state index contributed by atoms with van der Waals surface area (Å²) in [4.78, 5) is 28.3. The number of alkyl halides is 3. The number of nitrogens with one attached hydrogen (secondary N) is 1. The smallest absolute Gasteiger partial charge is 0.394 e. The Bertz CT molecular complexity index is 850. The van der Waals surface area contributed by atoms with Crippen LogP contribution in [0.5, 0.6) is 0 Å². The lowest BCUT2D eigenvalue weighted by atomic mass is 9.96. The first-order chi connectivity index (χ1) is 12.6. The minimum Gasteiger partial charge on any atom is -0.481 e. The van der Waals surface area contributed by atoms with Crippen molar-refractivity contribution in [3.8, 4) is 11.4 Å². The van der Waals surface area contributed by atoms with Gasteiger partial charge in [0.15, 0.2) is 5.82 Å². The van der Waals surface area contributed by atoms with E-state index in [0.717, 1.165) is 4.90 Å². The van der Waals surface area contributed by atoms with Crippen LogP contribution in [0.1, 0.15) is 0 Å². The summed E-state index contributed by atoms with van der Waals surface area (Å²) >= 11 is 0. The summed E-state index contributed by atoms with van der Waals surface area (Å²) in [5, 5.41) is 15.6. The number of carboxylic acid groups (broad SMARTS) is 1. The highest BCUT2D eigenvalue weighted by Gasteiger charge is 2.53. The molecule has 0 saturated carbocycles. The number of nitrogens with zero attached hydrogens (tertiary/aromatic N) is 4. The molecule has 3 rings (SSSR count). The van der Waals surface area contributed by atoms with Crippen molar-refractivity contribution >= 4 is 17.7 Å². The highest BCUT2D eigenvalue weighted by molar-refractivity contribution is 5.90. The molecule has 2 N–H and O–H groups in total. The Morgan fingerprint density at radius 3 is 2.37 bits per heavy atom. The number of urea groups is 1. The number of hydrogen-bond acceptors (Lipinski definition) is 4. The largest absolute Gasteiger partial charge is 0.481 e. The average molecular weight is 383 g/mol. The SMILES string of the molecule is Cn1cnc(-c2ccc(NC(=O)N3C[C@@H](C(F)(F)F)[C@H](C(=O)O)C3)cc2)n1. The molecule has 0 aliphatic carbocycles. The van der Waals surface area contributed by atoms with Crippen LogP contribution in [-0.2, 0) is 11.8 Å². The van der Waals surface area contributed by atoms with E-state index in [4.69, 9.17) is 5.11 Å².